The zero-order valence-corrected chi connectivity index (χ0v) is 13.7. The maximum atomic E-state index is 5.67. The highest BCUT2D eigenvalue weighted by Gasteiger charge is 2.35. The van der Waals surface area contributed by atoms with E-state index in [1.807, 2.05) is 0 Å². The van der Waals surface area contributed by atoms with Gasteiger partial charge in [-0.25, -0.2) is 0 Å². The molecular weight excluding hydrogens is 244 g/mol. The van der Waals surface area contributed by atoms with Crippen molar-refractivity contribution in [3.05, 3.63) is 24.3 Å². The van der Waals surface area contributed by atoms with E-state index in [1.165, 1.54) is 64.2 Å². The van der Waals surface area contributed by atoms with Crippen molar-refractivity contribution in [2.24, 2.45) is 0 Å². The van der Waals surface area contributed by atoms with Crippen molar-refractivity contribution in [3.63, 3.8) is 0 Å². The molecule has 1 heteroatoms. The van der Waals surface area contributed by atoms with Crippen LogP contribution in [0.1, 0.15) is 84.5 Å². The van der Waals surface area contributed by atoms with Gasteiger partial charge in [0.1, 0.15) is 6.10 Å². The highest BCUT2D eigenvalue weighted by Crippen LogP contribution is 2.28. The lowest BCUT2D eigenvalue weighted by Crippen LogP contribution is -1.90. The van der Waals surface area contributed by atoms with Crippen molar-refractivity contribution >= 4 is 0 Å². The monoisotopic (exact) mass is 278 g/mol. The molecule has 0 N–H and O–H groups in total. The van der Waals surface area contributed by atoms with Crippen LogP contribution in [-0.2, 0) is 4.74 Å². The van der Waals surface area contributed by atoms with Crippen LogP contribution in [-0.4, -0.2) is 12.2 Å². The molecule has 1 fully saturated rings. The molecule has 1 aliphatic rings. The summed E-state index contributed by atoms with van der Waals surface area (Å²) in [6.07, 6.45) is 24.5. The van der Waals surface area contributed by atoms with E-state index >= 15 is 0 Å². The molecule has 0 saturated carbocycles. The number of unbranched alkanes of at least 4 members (excludes halogenated alkanes) is 7. The van der Waals surface area contributed by atoms with Gasteiger partial charge in [0, 0.05) is 0 Å². The van der Waals surface area contributed by atoms with Crippen molar-refractivity contribution in [2.45, 2.75) is 96.7 Å². The van der Waals surface area contributed by atoms with Crippen LogP contribution in [0.4, 0.5) is 0 Å². The first-order valence-electron chi connectivity index (χ1n) is 8.85. The molecule has 0 spiro atoms. The van der Waals surface area contributed by atoms with E-state index in [-0.39, 0.29) is 0 Å². The van der Waals surface area contributed by atoms with Crippen LogP contribution in [0.15, 0.2) is 24.3 Å². The van der Waals surface area contributed by atoms with Gasteiger partial charge in [-0.05, 0) is 25.7 Å². The molecule has 0 aromatic rings. The van der Waals surface area contributed by atoms with Gasteiger partial charge in [-0.15, -0.1) is 0 Å². The van der Waals surface area contributed by atoms with E-state index in [4.69, 9.17) is 4.74 Å². The quantitative estimate of drug-likeness (QED) is 0.222. The van der Waals surface area contributed by atoms with Gasteiger partial charge in [-0.3, -0.25) is 0 Å². The van der Waals surface area contributed by atoms with Crippen molar-refractivity contribution in [1.82, 2.24) is 0 Å². The summed E-state index contributed by atoms with van der Waals surface area (Å²) in [6, 6.07) is 0. The molecule has 20 heavy (non-hydrogen) atoms. The van der Waals surface area contributed by atoms with Gasteiger partial charge in [-0.1, -0.05) is 83.1 Å². The minimum atomic E-state index is 0.426. The summed E-state index contributed by atoms with van der Waals surface area (Å²) in [5, 5.41) is 0. The Morgan fingerprint density at radius 2 is 1.55 bits per heavy atom. The SMILES string of the molecule is CCCCC/C=C\C/C=C\[C@@H]1O[C@H]1CCCCCCC. The van der Waals surface area contributed by atoms with Crippen LogP contribution in [0.2, 0.25) is 0 Å². The second kappa shape index (κ2) is 12.2. The zero-order valence-electron chi connectivity index (χ0n) is 13.7. The number of hydrogen-bond acceptors (Lipinski definition) is 1. The van der Waals surface area contributed by atoms with Gasteiger partial charge in [0.25, 0.3) is 0 Å². The Labute approximate surface area is 126 Å². The third kappa shape index (κ3) is 9.36. The fourth-order valence-electron chi connectivity index (χ4n) is 2.52. The molecular formula is C19H34O. The maximum Gasteiger partial charge on any atom is 0.102 e. The summed E-state index contributed by atoms with van der Waals surface area (Å²) >= 11 is 0. The van der Waals surface area contributed by atoms with Crippen molar-refractivity contribution in [2.75, 3.05) is 0 Å². The molecule has 0 aliphatic carbocycles. The van der Waals surface area contributed by atoms with Crippen LogP contribution < -0.4 is 0 Å². The van der Waals surface area contributed by atoms with Gasteiger partial charge < -0.3 is 4.74 Å². The molecule has 2 atom stereocenters. The normalized spacial score (nSPS) is 22.1. The Morgan fingerprint density at radius 1 is 0.800 bits per heavy atom. The van der Waals surface area contributed by atoms with Crippen molar-refractivity contribution < 1.29 is 4.74 Å². The molecule has 1 aliphatic heterocycles. The molecule has 0 aromatic carbocycles. The fraction of sp³-hybridized carbons (Fsp3) is 0.789. The molecule has 1 heterocycles. The fourth-order valence-corrected chi connectivity index (χ4v) is 2.52. The third-order valence-electron chi connectivity index (χ3n) is 3.95. The van der Waals surface area contributed by atoms with Gasteiger partial charge in [-0.2, -0.15) is 0 Å². The summed E-state index contributed by atoms with van der Waals surface area (Å²) in [5.74, 6) is 0. The Bertz CT molecular complexity index is 267. The highest BCUT2D eigenvalue weighted by molar-refractivity contribution is 5.04. The Balaban J connectivity index is 1.89. The van der Waals surface area contributed by atoms with E-state index in [0.717, 1.165) is 6.42 Å². The van der Waals surface area contributed by atoms with Gasteiger partial charge in [0.2, 0.25) is 0 Å². The lowest BCUT2D eigenvalue weighted by atomic mass is 10.1. The molecule has 0 aromatic heterocycles. The van der Waals surface area contributed by atoms with Crippen LogP contribution in [0.3, 0.4) is 0 Å². The van der Waals surface area contributed by atoms with Crippen LogP contribution >= 0.6 is 0 Å². The first-order chi connectivity index (χ1) is 9.88. The summed E-state index contributed by atoms with van der Waals surface area (Å²) < 4.78 is 5.67. The molecule has 0 unspecified atom stereocenters. The summed E-state index contributed by atoms with van der Waals surface area (Å²) in [6.45, 7) is 4.52. The Kier molecular flexibility index (Phi) is 10.7. The van der Waals surface area contributed by atoms with Crippen LogP contribution in [0.25, 0.3) is 0 Å². The van der Waals surface area contributed by atoms with E-state index < -0.39 is 0 Å². The largest absolute Gasteiger partial charge is 0.365 e. The van der Waals surface area contributed by atoms with Crippen molar-refractivity contribution in [3.8, 4) is 0 Å². The topological polar surface area (TPSA) is 12.5 Å². The van der Waals surface area contributed by atoms with E-state index in [1.54, 1.807) is 0 Å². The van der Waals surface area contributed by atoms with Gasteiger partial charge in [0.05, 0.1) is 6.10 Å². The molecule has 1 nitrogen and oxygen atoms in total. The van der Waals surface area contributed by atoms with Crippen molar-refractivity contribution in [1.29, 1.82) is 0 Å². The highest BCUT2D eigenvalue weighted by atomic mass is 16.6. The lowest BCUT2D eigenvalue weighted by Gasteiger charge is -1.96. The molecule has 1 rings (SSSR count). The third-order valence-corrected chi connectivity index (χ3v) is 3.95. The maximum absolute atomic E-state index is 5.67. The second-order valence-electron chi connectivity index (χ2n) is 5.97. The number of ether oxygens (including phenoxy) is 1. The summed E-state index contributed by atoms with van der Waals surface area (Å²) in [5.41, 5.74) is 0. The molecule has 1 saturated heterocycles. The Morgan fingerprint density at radius 3 is 2.35 bits per heavy atom. The van der Waals surface area contributed by atoms with E-state index in [9.17, 15) is 0 Å². The average Bonchev–Trinajstić information content (AvgIpc) is 3.20. The minimum Gasteiger partial charge on any atom is -0.365 e. The predicted octanol–water partition coefficient (Wildman–Crippen LogP) is 6.20. The number of rotatable bonds is 13. The standard InChI is InChI=1S/C19H34O/c1-3-5-7-9-10-11-13-15-17-19-18(20-19)16-14-12-8-6-4-2/h10-11,15,17-19H,3-9,12-14,16H2,1-2H3/b11-10-,17-15-/t18-,19-/m0/s1. The van der Waals surface area contributed by atoms with Gasteiger partial charge in [0.15, 0.2) is 0 Å². The Hall–Kier alpha value is -0.560. The molecule has 116 valence electrons. The zero-order chi connectivity index (χ0) is 14.5. The molecule has 0 bridgehead atoms. The number of hydrogen-bond donors (Lipinski definition) is 0. The second-order valence-corrected chi connectivity index (χ2v) is 5.97. The minimum absolute atomic E-state index is 0.426. The van der Waals surface area contributed by atoms with E-state index in [2.05, 4.69) is 38.2 Å². The number of epoxide rings is 1. The van der Waals surface area contributed by atoms with Gasteiger partial charge >= 0.3 is 0 Å². The van der Waals surface area contributed by atoms with Crippen LogP contribution in [0.5, 0.6) is 0 Å². The molecule has 0 amide bonds. The number of allylic oxidation sites excluding steroid dienone is 3. The smallest absolute Gasteiger partial charge is 0.102 e. The summed E-state index contributed by atoms with van der Waals surface area (Å²) in [4.78, 5) is 0. The van der Waals surface area contributed by atoms with E-state index in [0.29, 0.717) is 12.2 Å². The average molecular weight is 278 g/mol. The predicted molar refractivity (Wildman–Crippen MR) is 89.1 cm³/mol. The van der Waals surface area contributed by atoms with Crippen LogP contribution in [0, 0.1) is 0 Å². The lowest BCUT2D eigenvalue weighted by molar-refractivity contribution is 0.372. The molecule has 0 radical (unpaired) electrons. The first-order valence-corrected chi connectivity index (χ1v) is 8.85. The summed E-state index contributed by atoms with van der Waals surface area (Å²) in [7, 11) is 0. The first kappa shape index (κ1) is 17.5.